The van der Waals surface area contributed by atoms with Gasteiger partial charge in [-0.2, -0.15) is 0 Å². The number of primary amides is 1. The highest BCUT2D eigenvalue weighted by Crippen LogP contribution is 2.34. The summed E-state index contributed by atoms with van der Waals surface area (Å²) in [6, 6.07) is 13.2. The number of anilines is 1. The zero-order valence-electron chi connectivity index (χ0n) is 19.3. The predicted molar refractivity (Wildman–Crippen MR) is 133 cm³/mol. The number of ether oxygens (including phenoxy) is 2. The molecule has 0 saturated heterocycles. The lowest BCUT2D eigenvalue weighted by Crippen LogP contribution is -2.43. The molecule has 34 heavy (non-hydrogen) atoms. The second-order valence-electron chi connectivity index (χ2n) is 7.68. The van der Waals surface area contributed by atoms with Gasteiger partial charge in [-0.1, -0.05) is 43.8 Å². The minimum Gasteiger partial charge on any atom is -0.497 e. The summed E-state index contributed by atoms with van der Waals surface area (Å²) in [5.41, 5.74) is 6.63. The fourth-order valence-electron chi connectivity index (χ4n) is 3.21. The summed E-state index contributed by atoms with van der Waals surface area (Å²) in [7, 11) is 3.11. The van der Waals surface area contributed by atoms with Crippen molar-refractivity contribution in [2.75, 3.05) is 19.1 Å². The Kier molecular flexibility index (Phi) is 7.95. The Labute approximate surface area is 202 Å². The molecule has 10 heteroatoms. The molecular weight excluding hydrogens is 456 g/mol. The number of carbonyl (C=O) groups excluding carboxylic acids is 3. The monoisotopic (exact) mass is 482 g/mol. The van der Waals surface area contributed by atoms with Crippen LogP contribution in [-0.2, 0) is 9.59 Å². The lowest BCUT2D eigenvalue weighted by Gasteiger charge is -2.23. The van der Waals surface area contributed by atoms with Gasteiger partial charge >= 0.3 is 6.03 Å². The third-order valence-corrected chi connectivity index (χ3v) is 6.40. The van der Waals surface area contributed by atoms with Crippen LogP contribution in [0.4, 0.5) is 10.5 Å². The molecule has 1 aliphatic rings. The van der Waals surface area contributed by atoms with E-state index in [9.17, 15) is 14.4 Å². The molecule has 2 aromatic carbocycles. The zero-order chi connectivity index (χ0) is 24.8. The number of amidine groups is 1. The number of urea groups is 1. The van der Waals surface area contributed by atoms with Crippen LogP contribution in [0.3, 0.4) is 0 Å². The number of aliphatic imine (C=N–C) groups is 1. The maximum Gasteiger partial charge on any atom is 0.318 e. The van der Waals surface area contributed by atoms with Gasteiger partial charge in [0, 0.05) is 6.07 Å². The molecular formula is C24H26N4O5S. The first-order valence-electron chi connectivity index (χ1n) is 10.4. The smallest absolute Gasteiger partial charge is 0.318 e. The molecule has 0 fully saturated rings. The van der Waals surface area contributed by atoms with Crippen molar-refractivity contribution in [3.8, 4) is 11.5 Å². The SMILES string of the molecule is COc1ccc(/C=C2\N=C(SC(C(=O)NC(N)=O)C(C)C)N(c3cccc(OC)c3)C2=O)cc1. The number of thioether (sulfide) groups is 1. The van der Waals surface area contributed by atoms with E-state index >= 15 is 0 Å². The Morgan fingerprint density at radius 1 is 1.09 bits per heavy atom. The van der Waals surface area contributed by atoms with Gasteiger partial charge in [-0.15, -0.1) is 0 Å². The highest BCUT2D eigenvalue weighted by atomic mass is 32.2. The molecule has 9 nitrogen and oxygen atoms in total. The highest BCUT2D eigenvalue weighted by molar-refractivity contribution is 8.15. The molecule has 0 spiro atoms. The average molecular weight is 483 g/mol. The van der Waals surface area contributed by atoms with Crippen molar-refractivity contribution in [1.29, 1.82) is 0 Å². The second kappa shape index (κ2) is 10.9. The zero-order valence-corrected chi connectivity index (χ0v) is 20.1. The minimum absolute atomic E-state index is 0.177. The predicted octanol–water partition coefficient (Wildman–Crippen LogP) is 3.40. The molecule has 178 valence electrons. The van der Waals surface area contributed by atoms with Gasteiger partial charge in [0.25, 0.3) is 5.91 Å². The van der Waals surface area contributed by atoms with E-state index in [1.165, 1.54) is 12.0 Å². The Morgan fingerprint density at radius 2 is 1.76 bits per heavy atom. The molecule has 0 aliphatic carbocycles. The number of rotatable bonds is 7. The van der Waals surface area contributed by atoms with E-state index in [0.29, 0.717) is 22.4 Å². The normalized spacial score (nSPS) is 15.3. The summed E-state index contributed by atoms with van der Waals surface area (Å²) in [5.74, 6) is 0.168. The average Bonchev–Trinajstić information content (AvgIpc) is 3.11. The van der Waals surface area contributed by atoms with Crippen molar-refractivity contribution in [2.45, 2.75) is 19.1 Å². The topological polar surface area (TPSA) is 123 Å². The number of methoxy groups -OCH3 is 2. The van der Waals surface area contributed by atoms with Gasteiger partial charge in [0.2, 0.25) is 5.91 Å². The summed E-state index contributed by atoms with van der Waals surface area (Å²) < 4.78 is 10.5. The number of imide groups is 1. The van der Waals surface area contributed by atoms with Crippen LogP contribution in [0.5, 0.6) is 11.5 Å². The van der Waals surface area contributed by atoms with Crippen LogP contribution in [0.15, 0.2) is 59.2 Å². The van der Waals surface area contributed by atoms with Gasteiger partial charge in [-0.3, -0.25) is 19.8 Å². The first-order valence-corrected chi connectivity index (χ1v) is 11.3. The van der Waals surface area contributed by atoms with Crippen molar-refractivity contribution >= 4 is 46.5 Å². The number of benzene rings is 2. The van der Waals surface area contributed by atoms with Gasteiger partial charge in [0.05, 0.1) is 25.2 Å². The number of nitrogens with one attached hydrogen (secondary N) is 1. The molecule has 0 saturated carbocycles. The van der Waals surface area contributed by atoms with Gasteiger partial charge in [0.1, 0.15) is 17.2 Å². The van der Waals surface area contributed by atoms with Gasteiger partial charge in [-0.05, 0) is 41.8 Å². The fraction of sp³-hybridized carbons (Fsp3) is 0.250. The Balaban J connectivity index is 2.02. The van der Waals surface area contributed by atoms with Crippen molar-refractivity contribution < 1.29 is 23.9 Å². The first kappa shape index (κ1) is 24.8. The van der Waals surface area contributed by atoms with Gasteiger partial charge in [0.15, 0.2) is 5.17 Å². The van der Waals surface area contributed by atoms with E-state index in [1.807, 2.05) is 26.0 Å². The van der Waals surface area contributed by atoms with E-state index in [1.54, 1.807) is 49.6 Å². The first-order chi connectivity index (χ1) is 16.2. The molecule has 1 heterocycles. The lowest BCUT2D eigenvalue weighted by molar-refractivity contribution is -0.120. The number of hydrogen-bond acceptors (Lipinski definition) is 7. The van der Waals surface area contributed by atoms with E-state index in [4.69, 9.17) is 15.2 Å². The van der Waals surface area contributed by atoms with Crippen LogP contribution in [0.1, 0.15) is 19.4 Å². The standard InChI is InChI=1S/C24H26N4O5S/c1-14(2)20(21(29)27-23(25)31)34-24-26-19(12-15-8-10-17(32-3)11-9-15)22(30)28(24)16-6-5-7-18(13-16)33-4/h5-14,20H,1-4H3,(H3,25,27,29,31)/b19-12-. The number of carbonyl (C=O) groups is 3. The van der Waals surface area contributed by atoms with Crippen LogP contribution in [0, 0.1) is 5.92 Å². The number of amides is 4. The van der Waals surface area contributed by atoms with Crippen molar-refractivity contribution in [3.63, 3.8) is 0 Å². The van der Waals surface area contributed by atoms with E-state index in [-0.39, 0.29) is 17.5 Å². The molecule has 1 unspecified atom stereocenters. The van der Waals surface area contributed by atoms with E-state index < -0.39 is 17.2 Å². The maximum atomic E-state index is 13.4. The third-order valence-electron chi connectivity index (χ3n) is 4.90. The fourth-order valence-corrected chi connectivity index (χ4v) is 4.32. The largest absolute Gasteiger partial charge is 0.497 e. The van der Waals surface area contributed by atoms with E-state index in [2.05, 4.69) is 10.3 Å². The summed E-state index contributed by atoms with van der Waals surface area (Å²) >= 11 is 1.08. The summed E-state index contributed by atoms with van der Waals surface area (Å²) in [4.78, 5) is 43.3. The molecule has 2 aromatic rings. The highest BCUT2D eigenvalue weighted by Gasteiger charge is 2.36. The van der Waals surface area contributed by atoms with Crippen molar-refractivity contribution in [3.05, 3.63) is 59.8 Å². The van der Waals surface area contributed by atoms with Crippen LogP contribution in [0.2, 0.25) is 0 Å². The quantitative estimate of drug-likeness (QED) is 0.583. The molecule has 1 aliphatic heterocycles. The number of nitrogens with two attached hydrogens (primary N) is 1. The number of nitrogens with zero attached hydrogens (tertiary/aromatic N) is 2. The molecule has 0 radical (unpaired) electrons. The molecule has 0 aromatic heterocycles. The van der Waals surface area contributed by atoms with Crippen LogP contribution in [-0.4, -0.2) is 42.5 Å². The Morgan fingerprint density at radius 3 is 2.35 bits per heavy atom. The Hall–Kier alpha value is -3.79. The Bertz CT molecular complexity index is 1140. The van der Waals surface area contributed by atoms with Gasteiger partial charge in [-0.25, -0.2) is 9.79 Å². The van der Waals surface area contributed by atoms with Crippen LogP contribution in [0.25, 0.3) is 6.08 Å². The van der Waals surface area contributed by atoms with Gasteiger partial charge < -0.3 is 15.2 Å². The lowest BCUT2D eigenvalue weighted by atomic mass is 10.1. The molecule has 4 amide bonds. The minimum atomic E-state index is -0.939. The summed E-state index contributed by atoms with van der Waals surface area (Å²) in [6.07, 6.45) is 1.66. The molecule has 1 atom stereocenters. The second-order valence-corrected chi connectivity index (χ2v) is 8.78. The molecule has 3 N–H and O–H groups in total. The molecule has 0 bridgehead atoms. The summed E-state index contributed by atoms with van der Waals surface area (Å²) in [5, 5.41) is 1.71. The number of hydrogen-bond donors (Lipinski definition) is 2. The van der Waals surface area contributed by atoms with Crippen LogP contribution < -0.4 is 25.4 Å². The summed E-state index contributed by atoms with van der Waals surface area (Å²) in [6.45, 7) is 3.67. The van der Waals surface area contributed by atoms with E-state index in [0.717, 1.165) is 17.3 Å². The van der Waals surface area contributed by atoms with Crippen molar-refractivity contribution in [1.82, 2.24) is 5.32 Å². The molecule has 3 rings (SSSR count). The van der Waals surface area contributed by atoms with Crippen molar-refractivity contribution in [2.24, 2.45) is 16.6 Å². The van der Waals surface area contributed by atoms with Crippen LogP contribution >= 0.6 is 11.8 Å². The third kappa shape index (κ3) is 5.76. The maximum absolute atomic E-state index is 13.4.